The molecule has 0 radical (unpaired) electrons. The van der Waals surface area contributed by atoms with Gasteiger partial charge in [-0.25, -0.2) is 13.2 Å². The van der Waals surface area contributed by atoms with E-state index in [1.165, 1.54) is 35.2 Å². The van der Waals surface area contributed by atoms with Crippen molar-refractivity contribution in [2.75, 3.05) is 24.3 Å². The van der Waals surface area contributed by atoms with Gasteiger partial charge in [-0.05, 0) is 55.2 Å². The average molecular weight is 548 g/mol. The van der Waals surface area contributed by atoms with E-state index in [-0.39, 0.29) is 71.2 Å². The van der Waals surface area contributed by atoms with Crippen molar-refractivity contribution in [3.05, 3.63) is 70.4 Å². The van der Waals surface area contributed by atoms with Crippen molar-refractivity contribution >= 4 is 27.3 Å². The van der Waals surface area contributed by atoms with Gasteiger partial charge in [-0.3, -0.25) is 9.69 Å². The van der Waals surface area contributed by atoms with Crippen molar-refractivity contribution in [2.24, 2.45) is 0 Å². The van der Waals surface area contributed by atoms with E-state index in [2.05, 4.69) is 0 Å². The molecule has 0 spiro atoms. The molecule has 1 N–H and O–H groups in total. The van der Waals surface area contributed by atoms with Gasteiger partial charge in [0.05, 0.1) is 33.8 Å². The van der Waals surface area contributed by atoms with Crippen molar-refractivity contribution in [1.82, 2.24) is 4.90 Å². The van der Waals surface area contributed by atoms with Gasteiger partial charge in [0, 0.05) is 37.1 Å². The van der Waals surface area contributed by atoms with Gasteiger partial charge in [0.1, 0.15) is 0 Å². The highest BCUT2D eigenvalue weighted by Gasteiger charge is 2.46. The molecule has 38 heavy (non-hydrogen) atoms. The number of anilines is 1. The predicted octanol–water partition coefficient (Wildman–Crippen LogP) is 4.35. The van der Waals surface area contributed by atoms with Gasteiger partial charge in [-0.2, -0.15) is 18.4 Å². The number of Topliss-reactive ketones (excluding diaryl/α,β-unsaturated/α-hetero) is 1. The summed E-state index contributed by atoms with van der Waals surface area (Å²) in [6.45, 7) is -0.436. The number of amides is 2. The van der Waals surface area contributed by atoms with Crippen molar-refractivity contribution in [2.45, 2.75) is 42.8 Å². The Morgan fingerprint density at radius 2 is 1.87 bits per heavy atom. The molecule has 200 valence electrons. The number of hydrogen-bond acceptors (Lipinski definition) is 6. The average Bonchev–Trinajstić information content (AvgIpc) is 2.86. The number of carbonyl (C=O) groups is 2. The number of nitriles is 1. The molecule has 4 rings (SSSR count). The third-order valence-corrected chi connectivity index (χ3v) is 7.70. The molecule has 2 aromatic rings. The molecule has 1 heterocycles. The highest BCUT2D eigenvalue weighted by molar-refractivity contribution is 7.90. The molecule has 2 aromatic carbocycles. The third kappa shape index (κ3) is 5.04. The van der Waals surface area contributed by atoms with Crippen molar-refractivity contribution in [3.8, 4) is 6.07 Å². The van der Waals surface area contributed by atoms with Crippen LogP contribution in [0.25, 0.3) is 0 Å². The van der Waals surface area contributed by atoms with Gasteiger partial charge in [0.25, 0.3) is 0 Å². The Bertz CT molecular complexity index is 1480. The number of carbonyl (C=O) groups excluding carboxylic acids is 2. The first-order valence-electron chi connectivity index (χ1n) is 11.8. The molecule has 0 unspecified atom stereocenters. The SMILES string of the molecule is CS(=O)(=O)c1cc(C#N)ccc1[C@@H]1C2=C(CCCC2=O)N(c2cccc(C(F)(F)F)c2)C(=O)N1CCCO. The number of benzene rings is 2. The van der Waals surface area contributed by atoms with E-state index >= 15 is 0 Å². The van der Waals surface area contributed by atoms with Gasteiger partial charge in [0.2, 0.25) is 0 Å². The number of nitrogens with zero attached hydrogens (tertiary/aromatic N) is 3. The van der Waals surface area contributed by atoms with E-state index < -0.39 is 33.6 Å². The van der Waals surface area contributed by atoms with Gasteiger partial charge in [-0.1, -0.05) is 12.1 Å². The second-order valence-corrected chi connectivity index (χ2v) is 11.1. The van der Waals surface area contributed by atoms with Crippen LogP contribution in [0.2, 0.25) is 0 Å². The van der Waals surface area contributed by atoms with Gasteiger partial charge < -0.3 is 10.0 Å². The number of hydrogen-bond donors (Lipinski definition) is 1. The first-order valence-corrected chi connectivity index (χ1v) is 13.7. The molecule has 1 aliphatic heterocycles. The van der Waals surface area contributed by atoms with Gasteiger partial charge in [0.15, 0.2) is 15.6 Å². The molecule has 1 aliphatic carbocycles. The van der Waals surface area contributed by atoms with Crippen LogP contribution in [0.1, 0.15) is 48.4 Å². The van der Waals surface area contributed by atoms with Crippen LogP contribution < -0.4 is 4.90 Å². The number of halogens is 3. The Morgan fingerprint density at radius 3 is 2.50 bits per heavy atom. The van der Waals surface area contributed by atoms with E-state index in [0.29, 0.717) is 6.42 Å². The molecule has 0 aromatic heterocycles. The zero-order valence-corrected chi connectivity index (χ0v) is 21.1. The summed E-state index contributed by atoms with van der Waals surface area (Å²) in [5.41, 5.74) is -0.567. The third-order valence-electron chi connectivity index (χ3n) is 6.55. The van der Waals surface area contributed by atoms with Crippen molar-refractivity contribution < 1.29 is 36.3 Å². The van der Waals surface area contributed by atoms with E-state index in [9.17, 15) is 41.5 Å². The minimum Gasteiger partial charge on any atom is -0.396 e. The lowest BCUT2D eigenvalue weighted by atomic mass is 9.83. The van der Waals surface area contributed by atoms with Crippen LogP contribution in [-0.2, 0) is 20.8 Å². The fourth-order valence-electron chi connectivity index (χ4n) is 4.93. The first-order chi connectivity index (χ1) is 17.9. The Kier molecular flexibility index (Phi) is 7.36. The minimum absolute atomic E-state index is 0.0629. The molecule has 0 saturated heterocycles. The smallest absolute Gasteiger partial charge is 0.396 e. The number of alkyl halides is 3. The molecule has 0 bridgehead atoms. The molecular formula is C26H24F3N3O5S. The van der Waals surface area contributed by atoms with E-state index in [1.54, 1.807) is 0 Å². The summed E-state index contributed by atoms with van der Waals surface area (Å²) < 4.78 is 66.0. The maximum atomic E-state index is 14.0. The Hall–Kier alpha value is -3.69. The summed E-state index contributed by atoms with van der Waals surface area (Å²) in [7, 11) is -3.93. The van der Waals surface area contributed by atoms with Crippen LogP contribution in [0.4, 0.5) is 23.7 Å². The summed E-state index contributed by atoms with van der Waals surface area (Å²) in [5, 5.41) is 18.8. The standard InChI is InChI=1S/C26H24F3N3O5S/c1-38(36,37)22-13-16(15-30)9-10-19(22)24-23-20(7-3-8-21(23)34)32(25(35)31(24)11-4-12-33)18-6-2-5-17(14-18)26(27,28)29/h2,5-6,9-10,13-14,24,33H,3-4,7-8,11-12H2,1H3/t24-/m1/s1. The molecule has 12 heteroatoms. The number of rotatable bonds is 6. The fourth-order valence-corrected chi connectivity index (χ4v) is 5.88. The summed E-state index contributed by atoms with van der Waals surface area (Å²) in [6, 6.07) is 8.10. The van der Waals surface area contributed by atoms with Crippen molar-refractivity contribution in [1.29, 1.82) is 5.26 Å². The fraction of sp³-hybridized carbons (Fsp3) is 0.346. The highest BCUT2D eigenvalue weighted by Crippen LogP contribution is 2.46. The predicted molar refractivity (Wildman–Crippen MR) is 131 cm³/mol. The summed E-state index contributed by atoms with van der Waals surface area (Å²) in [6.07, 6.45) is -2.98. The lowest BCUT2D eigenvalue weighted by molar-refractivity contribution is -0.137. The number of allylic oxidation sites excluding steroid dienone is 1. The monoisotopic (exact) mass is 547 g/mol. The summed E-state index contributed by atoms with van der Waals surface area (Å²) >= 11 is 0. The second-order valence-electron chi connectivity index (χ2n) is 9.11. The van der Waals surface area contributed by atoms with E-state index in [0.717, 1.165) is 23.3 Å². The molecular weight excluding hydrogens is 523 g/mol. The molecule has 2 aliphatic rings. The molecule has 2 amide bonds. The first kappa shape index (κ1) is 27.3. The lowest BCUT2D eigenvalue weighted by Gasteiger charge is -2.45. The molecule has 8 nitrogen and oxygen atoms in total. The normalized spacial score (nSPS) is 18.5. The summed E-state index contributed by atoms with van der Waals surface area (Å²) in [4.78, 5) is 29.4. The van der Waals surface area contributed by atoms with Gasteiger partial charge >= 0.3 is 12.2 Å². The van der Waals surface area contributed by atoms with Crippen LogP contribution in [0.3, 0.4) is 0 Å². The second kappa shape index (κ2) is 10.2. The largest absolute Gasteiger partial charge is 0.416 e. The maximum absolute atomic E-state index is 14.0. The van der Waals surface area contributed by atoms with Crippen LogP contribution in [0.15, 0.2) is 58.6 Å². The lowest BCUT2D eigenvalue weighted by Crippen LogP contribution is -2.52. The number of ketones is 1. The zero-order chi connectivity index (χ0) is 27.8. The highest BCUT2D eigenvalue weighted by atomic mass is 32.2. The van der Waals surface area contributed by atoms with Crippen molar-refractivity contribution in [3.63, 3.8) is 0 Å². The number of aliphatic hydroxyl groups is 1. The number of urea groups is 1. The quantitative estimate of drug-likeness (QED) is 0.574. The molecule has 0 saturated carbocycles. The van der Waals surface area contributed by atoms with Crippen LogP contribution in [0, 0.1) is 11.3 Å². The van der Waals surface area contributed by atoms with Crippen LogP contribution in [0.5, 0.6) is 0 Å². The number of sulfone groups is 1. The topological polar surface area (TPSA) is 119 Å². The maximum Gasteiger partial charge on any atom is 0.416 e. The Labute approximate surface area is 217 Å². The summed E-state index contributed by atoms with van der Waals surface area (Å²) in [5.74, 6) is -0.362. The number of aliphatic hydroxyl groups excluding tert-OH is 1. The minimum atomic E-state index is -4.67. The van der Waals surface area contributed by atoms with Crippen LogP contribution in [-0.4, -0.2) is 49.6 Å². The zero-order valence-electron chi connectivity index (χ0n) is 20.3. The van der Waals surface area contributed by atoms with E-state index in [1.807, 2.05) is 6.07 Å². The Morgan fingerprint density at radius 1 is 1.13 bits per heavy atom. The van der Waals surface area contributed by atoms with Gasteiger partial charge in [-0.15, -0.1) is 0 Å². The van der Waals surface area contributed by atoms with Crippen LogP contribution >= 0.6 is 0 Å². The molecule has 1 atom stereocenters. The molecule has 0 fully saturated rings. The van der Waals surface area contributed by atoms with E-state index in [4.69, 9.17) is 0 Å². The Balaban J connectivity index is 2.02.